The smallest absolute Gasteiger partial charge is 0.410 e. The first-order valence-corrected chi connectivity index (χ1v) is 14.2. The molecule has 2 atom stereocenters. The maximum atomic E-state index is 12.8. The number of carbonyl (C=O) groups excluding carboxylic acids is 1. The van der Waals surface area contributed by atoms with Gasteiger partial charge in [0, 0.05) is 26.2 Å². The topological polar surface area (TPSA) is 57.2 Å². The third-order valence-corrected chi connectivity index (χ3v) is 11.4. The first-order chi connectivity index (χ1) is 16.5. The molecule has 1 fully saturated rings. The number of rotatable bonds is 8. The van der Waals surface area contributed by atoms with E-state index < -0.39 is 13.9 Å². The molecule has 3 rings (SSSR count). The molecule has 2 aromatic carbocycles. The summed E-state index contributed by atoms with van der Waals surface area (Å²) in [5.41, 5.74) is -0.552. The summed E-state index contributed by atoms with van der Waals surface area (Å²) >= 11 is 0. The third-order valence-electron chi connectivity index (χ3n) is 6.36. The lowest BCUT2D eigenvalue weighted by Gasteiger charge is -2.43. The largest absolute Gasteiger partial charge is 0.444 e. The fraction of sp³-hybridized carbons (Fsp3) is 0.536. The van der Waals surface area contributed by atoms with E-state index in [-0.39, 0.29) is 29.9 Å². The van der Waals surface area contributed by atoms with Crippen LogP contribution >= 0.6 is 0 Å². The molecule has 1 aliphatic rings. The van der Waals surface area contributed by atoms with Gasteiger partial charge in [-0.15, -0.1) is 0 Å². The molecule has 0 aliphatic carbocycles. The van der Waals surface area contributed by atoms with Gasteiger partial charge in [0.15, 0.2) is 0 Å². The van der Waals surface area contributed by atoms with E-state index in [4.69, 9.17) is 18.6 Å². The van der Waals surface area contributed by atoms with Crippen LogP contribution in [0.4, 0.5) is 4.79 Å². The molecule has 0 aromatic heterocycles. The molecule has 6 nitrogen and oxygen atoms in total. The number of amides is 1. The molecule has 0 spiro atoms. The molecule has 0 bridgehead atoms. The summed E-state index contributed by atoms with van der Waals surface area (Å²) in [6.45, 7) is 14.0. The van der Waals surface area contributed by atoms with Gasteiger partial charge in [0.05, 0.1) is 12.6 Å². The number of likely N-dealkylation sites (tertiary alicyclic amines) is 1. The van der Waals surface area contributed by atoms with Gasteiger partial charge in [-0.25, -0.2) is 4.79 Å². The summed E-state index contributed by atoms with van der Waals surface area (Å²) in [7, 11) is -1.08. The molecule has 7 heteroatoms. The number of methoxy groups -OCH3 is 1. The first-order valence-electron chi connectivity index (χ1n) is 12.3. The third kappa shape index (κ3) is 6.53. The van der Waals surface area contributed by atoms with Gasteiger partial charge in [0.25, 0.3) is 8.32 Å². The average Bonchev–Trinajstić information content (AvgIpc) is 3.21. The summed E-state index contributed by atoms with van der Waals surface area (Å²) in [6, 6.07) is 21.2. The van der Waals surface area contributed by atoms with Crippen LogP contribution in [0, 0.1) is 5.92 Å². The fourth-order valence-electron chi connectivity index (χ4n) is 4.81. The maximum absolute atomic E-state index is 12.8. The van der Waals surface area contributed by atoms with E-state index in [0.29, 0.717) is 19.7 Å². The molecule has 0 unspecified atom stereocenters. The molecule has 35 heavy (non-hydrogen) atoms. The Morgan fingerprint density at radius 1 is 0.914 bits per heavy atom. The van der Waals surface area contributed by atoms with E-state index in [1.54, 1.807) is 12.0 Å². The SMILES string of the molecule is COCO[C@H]1CN(C(=O)OC(C)(C)C)C[C@@H]1CO[Si](c1ccccc1)(c1ccccc1)C(C)(C)C. The van der Waals surface area contributed by atoms with Crippen LogP contribution in [0.3, 0.4) is 0 Å². The monoisotopic (exact) mass is 499 g/mol. The number of carbonyl (C=O) groups is 1. The number of hydrogen-bond acceptors (Lipinski definition) is 5. The van der Waals surface area contributed by atoms with Crippen molar-refractivity contribution in [2.75, 3.05) is 33.6 Å². The Bertz CT molecular complexity index is 900. The molecule has 0 N–H and O–H groups in total. The van der Waals surface area contributed by atoms with Gasteiger partial charge in [0.1, 0.15) is 12.4 Å². The van der Waals surface area contributed by atoms with Crippen LogP contribution in [0.15, 0.2) is 60.7 Å². The van der Waals surface area contributed by atoms with Gasteiger partial charge in [0.2, 0.25) is 0 Å². The van der Waals surface area contributed by atoms with Crippen molar-refractivity contribution < 1.29 is 23.4 Å². The van der Waals surface area contributed by atoms with Crippen LogP contribution in [-0.2, 0) is 18.6 Å². The number of hydrogen-bond donors (Lipinski definition) is 0. The quantitative estimate of drug-likeness (QED) is 0.398. The lowest BCUT2D eigenvalue weighted by molar-refractivity contribution is -0.0840. The van der Waals surface area contributed by atoms with Gasteiger partial charge in [-0.2, -0.15) is 0 Å². The Balaban J connectivity index is 1.92. The molecular formula is C28H41NO5Si. The predicted molar refractivity (Wildman–Crippen MR) is 142 cm³/mol. The maximum Gasteiger partial charge on any atom is 0.410 e. The van der Waals surface area contributed by atoms with Crippen LogP contribution in [-0.4, -0.2) is 64.6 Å². The fourth-order valence-corrected chi connectivity index (χ4v) is 9.43. The summed E-state index contributed by atoms with van der Waals surface area (Å²) < 4.78 is 23.9. The molecule has 0 saturated carbocycles. The summed E-state index contributed by atoms with van der Waals surface area (Å²) in [5, 5.41) is 2.34. The predicted octanol–water partition coefficient (Wildman–Crippen LogP) is 4.42. The van der Waals surface area contributed by atoms with Crippen molar-refractivity contribution >= 4 is 24.8 Å². The van der Waals surface area contributed by atoms with Crippen LogP contribution < -0.4 is 10.4 Å². The zero-order valence-electron chi connectivity index (χ0n) is 22.2. The minimum Gasteiger partial charge on any atom is -0.444 e. The molecular weight excluding hydrogens is 458 g/mol. The average molecular weight is 500 g/mol. The van der Waals surface area contributed by atoms with Crippen LogP contribution in [0.25, 0.3) is 0 Å². The van der Waals surface area contributed by atoms with Crippen molar-refractivity contribution in [2.45, 2.75) is 58.3 Å². The standard InChI is InChI=1S/C28H41NO5Si/c1-27(2,3)34-26(30)29-18-22(25(19-29)32-21-31-7)20-33-35(28(4,5)6,23-14-10-8-11-15-23)24-16-12-9-13-17-24/h8-17,22,25H,18-21H2,1-7H3/t22-,25+/m1/s1. The van der Waals surface area contributed by atoms with Gasteiger partial charge >= 0.3 is 6.09 Å². The van der Waals surface area contributed by atoms with Gasteiger partial charge in [-0.1, -0.05) is 81.4 Å². The summed E-state index contributed by atoms with van der Waals surface area (Å²) in [6.07, 6.45) is -0.517. The number of nitrogens with zero attached hydrogens (tertiary/aromatic N) is 1. The van der Waals surface area contributed by atoms with E-state index in [1.807, 2.05) is 32.9 Å². The highest BCUT2D eigenvalue weighted by atomic mass is 28.4. The van der Waals surface area contributed by atoms with E-state index in [9.17, 15) is 4.79 Å². The summed E-state index contributed by atoms with van der Waals surface area (Å²) in [4.78, 5) is 14.5. The van der Waals surface area contributed by atoms with Crippen molar-refractivity contribution in [3.05, 3.63) is 60.7 Å². The van der Waals surface area contributed by atoms with E-state index in [0.717, 1.165) is 0 Å². The molecule has 0 radical (unpaired) electrons. The second kappa shape index (κ2) is 11.2. The number of ether oxygens (including phenoxy) is 3. The molecule has 1 heterocycles. The Morgan fingerprint density at radius 2 is 1.46 bits per heavy atom. The molecule has 1 saturated heterocycles. The van der Waals surface area contributed by atoms with Crippen molar-refractivity contribution in [2.24, 2.45) is 5.92 Å². The lowest BCUT2D eigenvalue weighted by Crippen LogP contribution is -2.67. The Hall–Kier alpha value is -2.19. The number of benzene rings is 2. The van der Waals surface area contributed by atoms with E-state index in [2.05, 4.69) is 69.3 Å². The van der Waals surface area contributed by atoms with Crippen molar-refractivity contribution in [1.82, 2.24) is 4.90 Å². The highest BCUT2D eigenvalue weighted by Crippen LogP contribution is 2.37. The molecule has 1 aliphatic heterocycles. The van der Waals surface area contributed by atoms with Crippen LogP contribution in [0.2, 0.25) is 5.04 Å². The van der Waals surface area contributed by atoms with Gasteiger partial charge < -0.3 is 23.5 Å². The first kappa shape index (κ1) is 27.4. The Morgan fingerprint density at radius 3 is 1.91 bits per heavy atom. The van der Waals surface area contributed by atoms with Crippen molar-refractivity contribution in [1.29, 1.82) is 0 Å². The summed E-state index contributed by atoms with van der Waals surface area (Å²) in [5.74, 6) is -0.000632. The highest BCUT2D eigenvalue weighted by Gasteiger charge is 2.51. The normalized spacial score (nSPS) is 19.1. The van der Waals surface area contributed by atoms with Gasteiger partial charge in [-0.3, -0.25) is 0 Å². The lowest BCUT2D eigenvalue weighted by atomic mass is 10.1. The van der Waals surface area contributed by atoms with Crippen LogP contribution in [0.5, 0.6) is 0 Å². The van der Waals surface area contributed by atoms with E-state index in [1.165, 1.54) is 10.4 Å². The van der Waals surface area contributed by atoms with Crippen molar-refractivity contribution in [3.8, 4) is 0 Å². The Labute approximate surface area is 211 Å². The molecule has 2 aromatic rings. The molecule has 192 valence electrons. The minimum atomic E-state index is -2.69. The highest BCUT2D eigenvalue weighted by molar-refractivity contribution is 6.99. The van der Waals surface area contributed by atoms with Crippen molar-refractivity contribution in [3.63, 3.8) is 0 Å². The zero-order chi connectivity index (χ0) is 25.7. The second-order valence-corrected chi connectivity index (χ2v) is 15.5. The molecule has 1 amide bonds. The van der Waals surface area contributed by atoms with Crippen LogP contribution in [0.1, 0.15) is 41.5 Å². The minimum absolute atomic E-state index is 0.000632. The van der Waals surface area contributed by atoms with Gasteiger partial charge in [-0.05, 0) is 36.2 Å². The zero-order valence-corrected chi connectivity index (χ0v) is 23.2. The van der Waals surface area contributed by atoms with E-state index >= 15 is 0 Å². The Kier molecular flexibility index (Phi) is 8.80. The second-order valence-electron chi connectivity index (χ2n) is 11.2.